The standard InChI is InChI=1S/C92H80BN3/c1-57-47-59(3)86(60(4)48-57)67-39-43-78-82(51-67)95(89-72(63-27-17-13-18-28-63)35-25-36-73(89)64-29-19-14-20-30-64)84-55-71(94-80-45-41-69(91(7,8)9)53-76(80)77-54-70(92(10,11)12)42-46-81(77)94)56-85-88(84)93(78)79-44-40-68(87-61(5)49-58(2)50-62(87)6)52-83(79)96(85)90-74(65-31-21-15-22-32-65)37-26-38-75(90)66-33-23-16-24-34-66/h13-56H,1-12H3. The molecule has 0 N–H and O–H groups in total. The van der Waals surface area contributed by atoms with E-state index in [1.54, 1.807) is 0 Å². The number of rotatable bonds is 9. The van der Waals surface area contributed by atoms with Gasteiger partial charge in [-0.2, -0.15) is 0 Å². The van der Waals surface area contributed by atoms with E-state index >= 15 is 0 Å². The Kier molecular flexibility index (Phi) is 14.5. The maximum atomic E-state index is 2.71. The summed E-state index contributed by atoms with van der Waals surface area (Å²) in [5, 5.41) is 2.50. The van der Waals surface area contributed by atoms with Crippen molar-refractivity contribution in [2.45, 2.75) is 93.9 Å². The number of hydrogen-bond acceptors (Lipinski definition) is 2. The van der Waals surface area contributed by atoms with Crippen LogP contribution in [0.25, 0.3) is 94.3 Å². The summed E-state index contributed by atoms with van der Waals surface area (Å²) in [6.45, 7) is 27.4. The van der Waals surface area contributed by atoms with E-state index in [4.69, 9.17) is 0 Å². The van der Waals surface area contributed by atoms with Gasteiger partial charge in [0.05, 0.1) is 28.1 Å². The molecular weight excluding hydrogens is 1160 g/mol. The van der Waals surface area contributed by atoms with Crippen molar-refractivity contribution in [1.82, 2.24) is 4.57 Å². The summed E-state index contributed by atoms with van der Waals surface area (Å²) in [6.07, 6.45) is 0. The van der Waals surface area contributed by atoms with Crippen molar-refractivity contribution in [2.24, 2.45) is 0 Å². The summed E-state index contributed by atoms with van der Waals surface area (Å²) in [7, 11) is 0. The third-order valence-electron chi connectivity index (χ3n) is 20.6. The third kappa shape index (κ3) is 10.0. The van der Waals surface area contributed by atoms with Crippen molar-refractivity contribution in [1.29, 1.82) is 0 Å². The Morgan fingerprint density at radius 1 is 0.292 bits per heavy atom. The number of aryl methyl sites for hydroxylation is 6. The summed E-state index contributed by atoms with van der Waals surface area (Å²) in [5.41, 5.74) is 38.2. The zero-order chi connectivity index (χ0) is 66.1. The first-order chi connectivity index (χ1) is 46.4. The van der Waals surface area contributed by atoms with Crippen LogP contribution in [0, 0.1) is 41.5 Å². The molecule has 0 unspecified atom stereocenters. The molecule has 13 aromatic carbocycles. The first kappa shape index (κ1) is 60.3. The van der Waals surface area contributed by atoms with Crippen molar-refractivity contribution in [3.8, 4) is 72.4 Å². The molecule has 16 rings (SSSR count). The number of benzene rings is 13. The summed E-state index contributed by atoms with van der Waals surface area (Å²) in [5.74, 6) is 0. The Bertz CT molecular complexity index is 4940. The van der Waals surface area contributed by atoms with Gasteiger partial charge in [0.25, 0.3) is 6.71 Å². The second kappa shape index (κ2) is 23.1. The molecule has 0 radical (unpaired) electrons. The van der Waals surface area contributed by atoms with Crippen molar-refractivity contribution < 1.29 is 0 Å². The van der Waals surface area contributed by atoms with Gasteiger partial charge in [0, 0.05) is 55.8 Å². The first-order valence-electron chi connectivity index (χ1n) is 34.2. The molecule has 0 aliphatic carbocycles. The van der Waals surface area contributed by atoms with E-state index in [2.05, 4.69) is 364 Å². The summed E-state index contributed by atoms with van der Waals surface area (Å²) in [4.78, 5) is 5.42. The molecule has 14 aromatic rings. The lowest BCUT2D eigenvalue weighted by atomic mass is 9.33. The molecule has 3 nitrogen and oxygen atoms in total. The second-order valence-electron chi connectivity index (χ2n) is 29.3. The van der Waals surface area contributed by atoms with Crippen LogP contribution in [0.15, 0.2) is 267 Å². The predicted molar refractivity (Wildman–Crippen MR) is 413 cm³/mol. The van der Waals surface area contributed by atoms with Gasteiger partial charge in [0.1, 0.15) is 0 Å². The third-order valence-corrected chi connectivity index (χ3v) is 20.6. The number of anilines is 6. The highest BCUT2D eigenvalue weighted by atomic mass is 15.2. The molecule has 0 atom stereocenters. The second-order valence-corrected chi connectivity index (χ2v) is 29.3. The molecule has 96 heavy (non-hydrogen) atoms. The van der Waals surface area contributed by atoms with Crippen LogP contribution in [-0.2, 0) is 10.8 Å². The fraction of sp³-hybridized carbons (Fsp3) is 0.152. The van der Waals surface area contributed by atoms with E-state index in [0.717, 1.165) is 84.3 Å². The molecule has 0 spiro atoms. The van der Waals surface area contributed by atoms with Gasteiger partial charge in [-0.1, -0.05) is 271 Å². The van der Waals surface area contributed by atoms with Crippen molar-refractivity contribution in [2.75, 3.05) is 9.80 Å². The van der Waals surface area contributed by atoms with Crippen molar-refractivity contribution >= 4 is 79.0 Å². The van der Waals surface area contributed by atoms with Gasteiger partial charge >= 0.3 is 0 Å². The van der Waals surface area contributed by atoms with E-state index in [-0.39, 0.29) is 17.5 Å². The predicted octanol–water partition coefficient (Wildman–Crippen LogP) is 23.3. The molecule has 0 amide bonds. The van der Waals surface area contributed by atoms with Crippen LogP contribution in [0.3, 0.4) is 0 Å². The lowest BCUT2D eigenvalue weighted by Crippen LogP contribution is -2.61. The van der Waals surface area contributed by atoms with Gasteiger partial charge in [-0.05, 0) is 195 Å². The number of fused-ring (bicyclic) bond motifs is 7. The number of hydrogen-bond donors (Lipinski definition) is 0. The quantitative estimate of drug-likeness (QED) is 0.133. The maximum absolute atomic E-state index is 2.71. The first-order valence-corrected chi connectivity index (χ1v) is 34.2. The summed E-state index contributed by atoms with van der Waals surface area (Å²) >= 11 is 0. The Labute approximate surface area is 567 Å². The Hall–Kier alpha value is -10.7. The molecular formula is C92H80BN3. The van der Waals surface area contributed by atoms with Gasteiger partial charge in [-0.3, -0.25) is 0 Å². The highest BCUT2D eigenvalue weighted by Gasteiger charge is 2.46. The molecule has 0 saturated heterocycles. The van der Waals surface area contributed by atoms with E-state index in [1.165, 1.54) is 105 Å². The van der Waals surface area contributed by atoms with E-state index < -0.39 is 0 Å². The number of para-hydroxylation sites is 2. The summed E-state index contributed by atoms with van der Waals surface area (Å²) < 4.78 is 2.60. The number of nitrogens with zero attached hydrogens (tertiary/aromatic N) is 3. The van der Waals surface area contributed by atoms with Crippen LogP contribution in [0.4, 0.5) is 34.1 Å². The minimum absolute atomic E-state index is 0.0781. The van der Waals surface area contributed by atoms with E-state index in [1.807, 2.05) is 0 Å². The van der Waals surface area contributed by atoms with Crippen molar-refractivity contribution in [3.63, 3.8) is 0 Å². The van der Waals surface area contributed by atoms with E-state index in [0.29, 0.717) is 0 Å². The fourth-order valence-corrected chi connectivity index (χ4v) is 16.4. The molecule has 1 aromatic heterocycles. The molecule has 0 bridgehead atoms. The molecule has 3 heterocycles. The lowest BCUT2D eigenvalue weighted by Gasteiger charge is -2.46. The Morgan fingerprint density at radius 3 is 0.948 bits per heavy atom. The zero-order valence-corrected chi connectivity index (χ0v) is 57.3. The highest BCUT2D eigenvalue weighted by Crippen LogP contribution is 2.55. The van der Waals surface area contributed by atoms with Gasteiger partial charge in [-0.25, -0.2) is 0 Å². The SMILES string of the molecule is Cc1cc(C)c(-c2ccc3c(c2)N(c2c(-c4ccccc4)cccc2-c2ccccc2)c2cc(-n4c5ccc(C(C)(C)C)cc5c5cc(C(C)(C)C)ccc54)cc4c2B3c2ccc(-c3c(C)cc(C)cc3C)cc2N4c2c(-c3ccccc3)cccc2-c2ccccc2)c(C)c1. The van der Waals surface area contributed by atoms with Crippen LogP contribution in [0.1, 0.15) is 86.1 Å². The normalized spacial score (nSPS) is 12.7. The van der Waals surface area contributed by atoms with Crippen LogP contribution in [0.2, 0.25) is 0 Å². The Morgan fingerprint density at radius 2 is 0.625 bits per heavy atom. The zero-order valence-electron chi connectivity index (χ0n) is 57.3. The molecule has 2 aliphatic rings. The highest BCUT2D eigenvalue weighted by molar-refractivity contribution is 7.00. The Balaban J connectivity index is 1.13. The molecule has 466 valence electrons. The molecule has 2 aliphatic heterocycles. The largest absolute Gasteiger partial charge is 0.310 e. The minimum atomic E-state index is -0.208. The minimum Gasteiger partial charge on any atom is -0.310 e. The van der Waals surface area contributed by atoms with Gasteiger partial charge < -0.3 is 14.4 Å². The summed E-state index contributed by atoms with van der Waals surface area (Å²) in [6, 6.07) is 102. The fourth-order valence-electron chi connectivity index (χ4n) is 16.4. The topological polar surface area (TPSA) is 11.4 Å². The monoisotopic (exact) mass is 1240 g/mol. The molecule has 0 fully saturated rings. The van der Waals surface area contributed by atoms with Crippen LogP contribution in [0.5, 0.6) is 0 Å². The van der Waals surface area contributed by atoms with Crippen molar-refractivity contribution in [3.05, 3.63) is 311 Å². The molecule has 0 saturated carbocycles. The van der Waals surface area contributed by atoms with Gasteiger partial charge in [0.2, 0.25) is 0 Å². The number of aromatic nitrogens is 1. The smallest absolute Gasteiger partial charge is 0.252 e. The van der Waals surface area contributed by atoms with Gasteiger partial charge in [0.15, 0.2) is 0 Å². The lowest BCUT2D eigenvalue weighted by molar-refractivity contribution is 0.590. The maximum Gasteiger partial charge on any atom is 0.252 e. The van der Waals surface area contributed by atoms with E-state index in [9.17, 15) is 0 Å². The van der Waals surface area contributed by atoms with Crippen LogP contribution < -0.4 is 26.2 Å². The average Bonchev–Trinajstić information content (AvgIpc) is 0.796. The average molecular weight is 1240 g/mol. The van der Waals surface area contributed by atoms with Crippen LogP contribution >= 0.6 is 0 Å². The van der Waals surface area contributed by atoms with Gasteiger partial charge in [-0.15, -0.1) is 0 Å². The van der Waals surface area contributed by atoms with Crippen LogP contribution in [-0.4, -0.2) is 11.3 Å². The molecule has 4 heteroatoms.